The fraction of sp³-hybridized carbons (Fsp3) is 0.425. The number of carbonyl (C=O) groups is 4. The van der Waals surface area contributed by atoms with Crippen LogP contribution in [0, 0.1) is 81.6 Å². The van der Waals surface area contributed by atoms with Gasteiger partial charge in [-0.05, 0) is 191 Å². The maximum atomic E-state index is 13.6. The average Bonchev–Trinajstić information content (AvgIpc) is 1.67. The Balaban J connectivity index is 0.000000116. The van der Waals surface area contributed by atoms with Crippen molar-refractivity contribution in [1.82, 2.24) is 109 Å². The molecule has 11 aromatic heterocycles. The van der Waals surface area contributed by atoms with Crippen LogP contribution < -0.4 is 23.8 Å². The van der Waals surface area contributed by atoms with Crippen molar-refractivity contribution < 1.29 is 55.7 Å². The summed E-state index contributed by atoms with van der Waals surface area (Å²) in [6, 6.07) is 20.5. The fourth-order valence-corrected chi connectivity index (χ4v) is 19.1. The second-order valence-electron chi connectivity index (χ2n) is 32.5. The Morgan fingerprint density at radius 2 is 0.705 bits per heavy atom. The topological polar surface area (TPSA) is 337 Å². The van der Waals surface area contributed by atoms with Gasteiger partial charge >= 0.3 is 24.0 Å². The summed E-state index contributed by atoms with van der Waals surface area (Å²) in [7, 11) is 0. The summed E-state index contributed by atoms with van der Waals surface area (Å²) in [6.45, 7) is 13.1. The number of rotatable bonds is 20. The number of aromatic nitrogens is 18. The van der Waals surface area contributed by atoms with E-state index < -0.39 is 23.3 Å². The molecule has 8 bridgehead atoms. The molecule has 9 saturated heterocycles. The Kier molecular flexibility index (Phi) is 23.9. The van der Waals surface area contributed by atoms with Crippen LogP contribution >= 0.6 is 0 Å². The van der Waals surface area contributed by atoms with Crippen molar-refractivity contribution in [2.24, 2.45) is 23.7 Å². The normalized spacial score (nSPS) is 22.9. The highest BCUT2D eigenvalue weighted by atomic mass is 19.1. The van der Waals surface area contributed by atoms with E-state index in [0.29, 0.717) is 72.0 Å². The minimum atomic E-state index is -0.507. The first-order valence-electron chi connectivity index (χ1n) is 41.5. The third-order valence-corrected chi connectivity index (χ3v) is 24.5. The maximum absolute atomic E-state index is 13.6. The van der Waals surface area contributed by atoms with E-state index in [2.05, 4.69) is 84.9 Å². The van der Waals surface area contributed by atoms with Crippen LogP contribution in [0.3, 0.4) is 0 Å². The summed E-state index contributed by atoms with van der Waals surface area (Å²) in [6.07, 6.45) is 32.6. The molecule has 0 aliphatic carbocycles. The first-order chi connectivity index (χ1) is 59.3. The van der Waals surface area contributed by atoms with Crippen LogP contribution in [-0.4, -0.2) is 220 Å². The van der Waals surface area contributed by atoms with Crippen molar-refractivity contribution in [3.05, 3.63) is 222 Å². The van der Waals surface area contributed by atoms with E-state index in [9.17, 15) is 36.7 Å². The molecule has 0 N–H and O–H groups in total. The predicted molar refractivity (Wildman–Crippen MR) is 432 cm³/mol. The van der Waals surface area contributed by atoms with Gasteiger partial charge in [-0.25, -0.2) is 96.7 Å². The van der Waals surface area contributed by atoms with Gasteiger partial charge in [0.2, 0.25) is 0 Å². The Bertz CT molecular complexity index is 5550. The third kappa shape index (κ3) is 17.5. The molecule has 630 valence electrons. The summed E-state index contributed by atoms with van der Waals surface area (Å²) in [5, 5.41) is 8.64. The Morgan fingerprint density at radius 1 is 0.369 bits per heavy atom. The van der Waals surface area contributed by atoms with Crippen LogP contribution in [-0.2, 0) is 0 Å². The fourth-order valence-electron chi connectivity index (χ4n) is 19.1. The predicted octanol–water partition coefficient (Wildman–Crippen LogP) is 11.3. The number of pyridine rings is 4. The van der Waals surface area contributed by atoms with E-state index in [0.717, 1.165) is 187 Å². The van der Waals surface area contributed by atoms with Gasteiger partial charge in [-0.1, -0.05) is 0 Å². The molecular weight excluding hydrogens is 1570 g/mol. The molecule has 0 radical (unpaired) electrons. The van der Waals surface area contributed by atoms with Gasteiger partial charge in [-0.2, -0.15) is 10.2 Å². The molecular formula is C87H91F4N23O8. The van der Waals surface area contributed by atoms with E-state index in [-0.39, 0.29) is 120 Å². The lowest BCUT2D eigenvalue weighted by Crippen LogP contribution is -2.39. The smallest absolute Gasteiger partial charge is 0.316 e. The number of halogens is 4. The van der Waals surface area contributed by atoms with E-state index >= 15 is 0 Å². The highest BCUT2D eigenvalue weighted by Crippen LogP contribution is 2.48. The van der Waals surface area contributed by atoms with Crippen molar-refractivity contribution in [1.29, 1.82) is 0 Å². The van der Waals surface area contributed by atoms with Gasteiger partial charge in [0.15, 0.2) is 46.2 Å². The second-order valence-corrected chi connectivity index (χ2v) is 32.5. The van der Waals surface area contributed by atoms with Gasteiger partial charge in [0.05, 0.1) is 105 Å². The molecule has 0 spiro atoms. The molecule has 12 atom stereocenters. The molecule has 0 aromatic carbocycles. The largest absolute Gasteiger partial charge is 0.463 e. The Labute approximate surface area is 700 Å². The van der Waals surface area contributed by atoms with Gasteiger partial charge in [0.25, 0.3) is 23.6 Å². The lowest BCUT2D eigenvalue weighted by molar-refractivity contribution is 0.0694. The number of ether oxygens (including phenoxy) is 4. The number of aryl methyl sites for hydroxylation is 5. The molecule has 31 nitrogen and oxygen atoms in total. The van der Waals surface area contributed by atoms with E-state index in [1.54, 1.807) is 46.4 Å². The first kappa shape index (κ1) is 81.4. The van der Waals surface area contributed by atoms with Crippen LogP contribution in [0.1, 0.15) is 160 Å². The molecule has 11 aromatic rings. The molecule has 35 heteroatoms. The van der Waals surface area contributed by atoms with Gasteiger partial charge in [-0.15, -0.1) is 0 Å². The van der Waals surface area contributed by atoms with Crippen molar-refractivity contribution in [3.63, 3.8) is 0 Å². The van der Waals surface area contributed by atoms with Crippen molar-refractivity contribution in [2.75, 3.05) is 44.4 Å². The van der Waals surface area contributed by atoms with Gasteiger partial charge in [-0.3, -0.25) is 19.2 Å². The molecule has 122 heavy (non-hydrogen) atoms. The van der Waals surface area contributed by atoms with E-state index in [1.807, 2.05) is 115 Å². The van der Waals surface area contributed by atoms with Crippen molar-refractivity contribution >= 4 is 29.3 Å². The highest BCUT2D eigenvalue weighted by Gasteiger charge is 2.54. The summed E-state index contributed by atoms with van der Waals surface area (Å²) < 4.78 is 78.1. The van der Waals surface area contributed by atoms with Crippen LogP contribution in [0.4, 0.5) is 23.2 Å². The number of hydrogen-bond acceptors (Lipinski definition) is 25. The summed E-state index contributed by atoms with van der Waals surface area (Å²) >= 11 is 0. The van der Waals surface area contributed by atoms with Crippen LogP contribution in [0.25, 0.3) is 22.8 Å². The van der Waals surface area contributed by atoms with Crippen LogP contribution in [0.2, 0.25) is 0 Å². The molecule has 9 aliphatic rings. The molecule has 20 heterocycles. The monoisotopic (exact) mass is 1660 g/mol. The number of fused-ring (bicyclic) bond motifs is 8. The maximum Gasteiger partial charge on any atom is 0.316 e. The molecule has 9 fully saturated rings. The molecule has 20 rings (SSSR count). The standard InChI is InChI=1S/C22H23FN6O2.C22H21FN6O2.C22H26FN5O2.C21H21FN6O2/c1-13-8-26-28(11-13)19-5-3-14(2)27-20(19)21(30)29-17-4-6-18(29)15(7-17)12-31-22-24-9-16(23)10-25-22;1-13-3-5-17(20-24-7-2-8-25-20)19(28-13)21(30)29-16-4-6-18(29)14(9-16)12-31-22-26-10-15(23)11-27-22;1-14-4-6-19(27-8-2-3-9-27)20(26-14)21(29)28-17-5-7-18(28)15(10-17)13-30-22-24-11-16(23)12-25-22;1-13-3-5-18(27-8-2-7-25-27)19(26-13)20(29)28-16-4-6-17(28)14(9-16)12-30-21-23-10-15(22)11-24-21/h3,5,8-11,15,17-18H,4,6-7,12H2,1-2H3;2-3,5,7-8,10-11,14,16,18H,4,6,9,12H2,1H3;4,6,11-12,15,17-18H,2-3,5,7-10,13H2,1H3;2-3,5,7-8,10-11,14,16-17H,4,6,9,12H2,1H3. The van der Waals surface area contributed by atoms with E-state index in [4.69, 9.17) is 18.9 Å². The zero-order valence-corrected chi connectivity index (χ0v) is 68.0. The van der Waals surface area contributed by atoms with Gasteiger partial charge in [0, 0.05) is 139 Å². The van der Waals surface area contributed by atoms with E-state index in [1.165, 1.54) is 0 Å². The molecule has 4 amide bonds. The lowest BCUT2D eigenvalue weighted by atomic mass is 9.90. The minimum absolute atomic E-state index is 0.0358. The molecule has 9 aliphatic heterocycles. The second kappa shape index (κ2) is 35.8. The van der Waals surface area contributed by atoms with Crippen molar-refractivity contribution in [3.8, 4) is 46.8 Å². The Hall–Kier alpha value is -13.0. The summed E-state index contributed by atoms with van der Waals surface area (Å²) in [4.78, 5) is 122. The van der Waals surface area contributed by atoms with Gasteiger partial charge < -0.3 is 43.4 Å². The first-order valence-corrected chi connectivity index (χ1v) is 41.5. The number of anilines is 1. The minimum Gasteiger partial charge on any atom is -0.463 e. The molecule has 12 unspecified atom stereocenters. The number of amides is 4. The summed E-state index contributed by atoms with van der Waals surface area (Å²) in [5.41, 5.74) is 8.97. The summed E-state index contributed by atoms with van der Waals surface area (Å²) in [5.74, 6) is -0.972. The quantitative estimate of drug-likeness (QED) is 0.0640. The number of carbonyl (C=O) groups excluding carboxylic acids is 4. The van der Waals surface area contributed by atoms with Crippen LogP contribution in [0.15, 0.2) is 147 Å². The SMILES string of the molecule is Cc1ccc(-c2ncccn2)c(C(=O)N2C3CCC2C(COc2ncc(F)cn2)C3)n1.Cc1ccc(-n2cccn2)c(C(=O)N2C3CCC2C(COc2ncc(F)cn2)C3)n1.Cc1ccc(N2CCCC2)c(C(=O)N2C3CCC2C(COc2ncc(F)cn2)C3)n1.Cc1cnn(-c2ccc(C)nc2C(=O)N2C3CCC2C(COc2ncc(F)cn2)C3)c1. The number of hydrogen-bond donors (Lipinski definition) is 0. The number of nitrogens with zero attached hydrogens (tertiary/aromatic N) is 23. The third-order valence-electron chi connectivity index (χ3n) is 24.5. The van der Waals surface area contributed by atoms with Crippen molar-refractivity contribution in [2.45, 2.75) is 173 Å². The average molecular weight is 1660 g/mol. The lowest BCUT2D eigenvalue weighted by Gasteiger charge is -2.27. The zero-order valence-electron chi connectivity index (χ0n) is 68.0. The zero-order chi connectivity index (χ0) is 84.2. The highest BCUT2D eigenvalue weighted by molar-refractivity contribution is 6.00. The van der Waals surface area contributed by atoms with Gasteiger partial charge in [0.1, 0.15) is 5.69 Å². The molecule has 0 saturated carbocycles. The Morgan fingerprint density at radius 3 is 1.06 bits per heavy atom. The van der Waals surface area contributed by atoms with Crippen LogP contribution in [0.5, 0.6) is 24.0 Å².